The van der Waals surface area contributed by atoms with Crippen molar-refractivity contribution in [1.29, 1.82) is 0 Å². The van der Waals surface area contributed by atoms with Gasteiger partial charge in [0, 0.05) is 10.6 Å². The number of aryl methyl sites for hydroxylation is 1. The number of hydrogen-bond donors (Lipinski definition) is 1. The predicted molar refractivity (Wildman–Crippen MR) is 87.9 cm³/mol. The van der Waals surface area contributed by atoms with Crippen LogP contribution in [0.3, 0.4) is 0 Å². The number of halogens is 1. The summed E-state index contributed by atoms with van der Waals surface area (Å²) >= 11 is 6.02. The molecule has 0 heterocycles. The molecule has 0 aliphatic carbocycles. The van der Waals surface area contributed by atoms with E-state index in [2.05, 4.69) is 6.92 Å². The first-order chi connectivity index (χ1) is 10.5. The Hall–Kier alpha value is -2.00. The molecule has 1 atom stereocenters. The maximum Gasteiger partial charge on any atom is 0.311 e. The minimum Gasteiger partial charge on any atom is -0.496 e. The first kappa shape index (κ1) is 16.4. The summed E-state index contributed by atoms with van der Waals surface area (Å²) in [5, 5.41) is 10.1. The Labute approximate surface area is 135 Å². The van der Waals surface area contributed by atoms with Crippen LogP contribution in [0.15, 0.2) is 42.5 Å². The van der Waals surface area contributed by atoms with E-state index in [9.17, 15) is 9.90 Å². The third kappa shape index (κ3) is 3.80. The zero-order chi connectivity index (χ0) is 16.1. The molecular formula is C18H19ClO3. The van der Waals surface area contributed by atoms with Crippen LogP contribution in [0.2, 0.25) is 5.02 Å². The molecule has 0 saturated heterocycles. The topological polar surface area (TPSA) is 46.5 Å². The van der Waals surface area contributed by atoms with Gasteiger partial charge in [-0.3, -0.25) is 4.79 Å². The number of hydrogen-bond acceptors (Lipinski definition) is 2. The highest BCUT2D eigenvalue weighted by molar-refractivity contribution is 6.30. The van der Waals surface area contributed by atoms with E-state index in [0.717, 1.165) is 12.0 Å². The molecule has 0 aliphatic rings. The summed E-state index contributed by atoms with van der Waals surface area (Å²) in [7, 11) is 1.53. The Morgan fingerprint density at radius 1 is 1.18 bits per heavy atom. The van der Waals surface area contributed by atoms with Crippen molar-refractivity contribution in [2.45, 2.75) is 25.7 Å². The molecule has 0 fully saturated rings. The first-order valence-electron chi connectivity index (χ1n) is 7.19. The highest BCUT2D eigenvalue weighted by atomic mass is 35.5. The van der Waals surface area contributed by atoms with Crippen LogP contribution in [0.1, 0.15) is 29.5 Å². The number of carbonyl (C=O) groups is 1. The van der Waals surface area contributed by atoms with Crippen LogP contribution >= 0.6 is 11.6 Å². The maximum atomic E-state index is 11.7. The lowest BCUT2D eigenvalue weighted by molar-refractivity contribution is -0.138. The number of benzene rings is 2. The fraction of sp³-hybridized carbons (Fsp3) is 0.278. The molecule has 4 heteroatoms. The molecule has 0 aromatic heterocycles. The zero-order valence-electron chi connectivity index (χ0n) is 12.7. The van der Waals surface area contributed by atoms with Gasteiger partial charge >= 0.3 is 5.97 Å². The van der Waals surface area contributed by atoms with Crippen LogP contribution in [0.25, 0.3) is 0 Å². The summed E-state index contributed by atoms with van der Waals surface area (Å²) < 4.78 is 5.28. The smallest absolute Gasteiger partial charge is 0.311 e. The number of ether oxygens (including phenoxy) is 1. The van der Waals surface area contributed by atoms with Crippen LogP contribution in [0, 0.1) is 0 Å². The lowest BCUT2D eigenvalue weighted by atomic mass is 9.91. The van der Waals surface area contributed by atoms with Gasteiger partial charge in [-0.15, -0.1) is 0 Å². The summed E-state index contributed by atoms with van der Waals surface area (Å²) in [6.45, 7) is 2.09. The molecule has 0 radical (unpaired) electrons. The number of methoxy groups -OCH3 is 1. The van der Waals surface area contributed by atoms with E-state index in [0.29, 0.717) is 22.8 Å². The number of rotatable bonds is 6. The number of carboxylic acids is 1. The molecule has 2 aromatic rings. The molecule has 0 spiro atoms. The van der Waals surface area contributed by atoms with Crippen LogP contribution in [0.4, 0.5) is 0 Å². The van der Waals surface area contributed by atoms with Gasteiger partial charge in [-0.1, -0.05) is 42.8 Å². The fourth-order valence-corrected chi connectivity index (χ4v) is 2.64. The summed E-state index contributed by atoms with van der Waals surface area (Å²) in [6, 6.07) is 13.1. The highest BCUT2D eigenvalue weighted by Crippen LogP contribution is 2.32. The Bertz CT molecular complexity index is 650. The van der Waals surface area contributed by atoms with Crippen molar-refractivity contribution in [3.8, 4) is 5.75 Å². The van der Waals surface area contributed by atoms with Gasteiger partial charge in [-0.2, -0.15) is 0 Å². The summed E-state index contributed by atoms with van der Waals surface area (Å²) in [6.07, 6.45) is 1.36. The minimum atomic E-state index is -0.889. The van der Waals surface area contributed by atoms with Crippen molar-refractivity contribution in [2.75, 3.05) is 7.11 Å². The molecule has 0 aliphatic heterocycles. The van der Waals surface area contributed by atoms with Crippen molar-refractivity contribution in [2.24, 2.45) is 0 Å². The zero-order valence-corrected chi connectivity index (χ0v) is 13.4. The molecule has 1 N–H and O–H groups in total. The molecule has 116 valence electrons. The summed E-state index contributed by atoms with van der Waals surface area (Å²) in [5.74, 6) is -1.04. The molecule has 22 heavy (non-hydrogen) atoms. The fourth-order valence-electron chi connectivity index (χ4n) is 2.45. The van der Waals surface area contributed by atoms with E-state index >= 15 is 0 Å². The van der Waals surface area contributed by atoms with Crippen LogP contribution in [0.5, 0.6) is 5.75 Å². The van der Waals surface area contributed by atoms with E-state index in [1.807, 2.05) is 24.3 Å². The molecule has 3 nitrogen and oxygen atoms in total. The monoisotopic (exact) mass is 318 g/mol. The van der Waals surface area contributed by atoms with Crippen molar-refractivity contribution in [3.63, 3.8) is 0 Å². The molecule has 0 amide bonds. The SMILES string of the molecule is CCc1ccc(CC(C(=O)O)c2cc(Cl)ccc2OC)cc1. The second-order valence-electron chi connectivity index (χ2n) is 5.15. The molecule has 2 aromatic carbocycles. The van der Waals surface area contributed by atoms with E-state index < -0.39 is 11.9 Å². The molecule has 0 bridgehead atoms. The lowest BCUT2D eigenvalue weighted by Gasteiger charge is -2.17. The third-order valence-corrected chi connectivity index (χ3v) is 3.97. The Morgan fingerprint density at radius 3 is 2.36 bits per heavy atom. The van der Waals surface area contributed by atoms with E-state index in [-0.39, 0.29) is 0 Å². The molecule has 2 rings (SSSR count). The van der Waals surface area contributed by atoms with Gasteiger partial charge in [0.25, 0.3) is 0 Å². The van der Waals surface area contributed by atoms with Gasteiger partial charge in [0.05, 0.1) is 13.0 Å². The minimum absolute atomic E-state index is 0.399. The third-order valence-electron chi connectivity index (χ3n) is 3.74. The highest BCUT2D eigenvalue weighted by Gasteiger charge is 2.24. The van der Waals surface area contributed by atoms with Crippen molar-refractivity contribution in [3.05, 3.63) is 64.2 Å². The molecule has 1 unspecified atom stereocenters. The average Bonchev–Trinajstić information content (AvgIpc) is 2.53. The second kappa shape index (κ2) is 7.32. The second-order valence-corrected chi connectivity index (χ2v) is 5.59. The summed E-state index contributed by atoms with van der Waals surface area (Å²) in [4.78, 5) is 11.7. The number of aliphatic carboxylic acids is 1. The normalized spacial score (nSPS) is 12.0. The Morgan fingerprint density at radius 2 is 1.82 bits per heavy atom. The van der Waals surface area contributed by atoms with E-state index in [1.54, 1.807) is 18.2 Å². The maximum absolute atomic E-state index is 11.7. The van der Waals surface area contributed by atoms with Crippen LogP contribution in [-0.4, -0.2) is 18.2 Å². The van der Waals surface area contributed by atoms with E-state index in [4.69, 9.17) is 16.3 Å². The van der Waals surface area contributed by atoms with Gasteiger partial charge in [-0.05, 0) is 42.2 Å². The van der Waals surface area contributed by atoms with Crippen molar-refractivity contribution in [1.82, 2.24) is 0 Å². The number of carboxylic acid groups (broad SMARTS) is 1. The van der Waals surface area contributed by atoms with Crippen LogP contribution in [-0.2, 0) is 17.6 Å². The van der Waals surface area contributed by atoms with Crippen molar-refractivity contribution < 1.29 is 14.6 Å². The predicted octanol–water partition coefficient (Wildman–Crippen LogP) is 4.32. The van der Waals surface area contributed by atoms with Crippen LogP contribution < -0.4 is 4.74 Å². The summed E-state index contributed by atoms with van der Waals surface area (Å²) in [5.41, 5.74) is 2.81. The lowest BCUT2D eigenvalue weighted by Crippen LogP contribution is -2.15. The Balaban J connectivity index is 2.34. The molecule has 0 saturated carbocycles. The van der Waals surface area contributed by atoms with Gasteiger partial charge in [0.2, 0.25) is 0 Å². The van der Waals surface area contributed by atoms with Gasteiger partial charge in [-0.25, -0.2) is 0 Å². The van der Waals surface area contributed by atoms with E-state index in [1.165, 1.54) is 12.7 Å². The molecular weight excluding hydrogens is 300 g/mol. The first-order valence-corrected chi connectivity index (χ1v) is 7.57. The quantitative estimate of drug-likeness (QED) is 0.862. The average molecular weight is 319 g/mol. The largest absolute Gasteiger partial charge is 0.496 e. The Kier molecular flexibility index (Phi) is 5.45. The van der Waals surface area contributed by atoms with Gasteiger partial charge in [0.15, 0.2) is 0 Å². The van der Waals surface area contributed by atoms with Gasteiger partial charge in [0.1, 0.15) is 5.75 Å². The standard InChI is InChI=1S/C18H19ClO3/c1-3-12-4-6-13(7-5-12)10-16(18(20)21)15-11-14(19)8-9-17(15)22-2/h4-9,11,16H,3,10H2,1-2H3,(H,20,21). The van der Waals surface area contributed by atoms with Gasteiger partial charge < -0.3 is 9.84 Å². The van der Waals surface area contributed by atoms with Crippen molar-refractivity contribution >= 4 is 17.6 Å².